The first-order valence-corrected chi connectivity index (χ1v) is 8.87. The SMILES string of the molecule is CC(C)c1ccc(-c2noc(CCC(=O)N3CCC(C(=O)O)C3)n2)cc1. The third-order valence-corrected chi connectivity index (χ3v) is 4.75. The van der Waals surface area contributed by atoms with Gasteiger partial charge in [0.15, 0.2) is 0 Å². The van der Waals surface area contributed by atoms with Crippen LogP contribution in [-0.2, 0) is 16.0 Å². The van der Waals surface area contributed by atoms with Gasteiger partial charge >= 0.3 is 5.97 Å². The Morgan fingerprint density at radius 1 is 1.31 bits per heavy atom. The Bertz CT molecular complexity index is 782. The Kier molecular flexibility index (Phi) is 5.35. The summed E-state index contributed by atoms with van der Waals surface area (Å²) in [7, 11) is 0. The number of carboxylic acids is 1. The summed E-state index contributed by atoms with van der Waals surface area (Å²) in [5, 5.41) is 13.0. The molecule has 1 N–H and O–H groups in total. The number of hydrogen-bond acceptors (Lipinski definition) is 5. The molecule has 1 aliphatic rings. The van der Waals surface area contributed by atoms with Crippen molar-refractivity contribution in [1.29, 1.82) is 0 Å². The maximum Gasteiger partial charge on any atom is 0.308 e. The summed E-state index contributed by atoms with van der Waals surface area (Å²) in [5.74, 6) is 0.00947. The number of carboxylic acid groups (broad SMARTS) is 1. The van der Waals surface area contributed by atoms with Crippen molar-refractivity contribution in [2.24, 2.45) is 5.92 Å². The van der Waals surface area contributed by atoms with Crippen molar-refractivity contribution in [3.63, 3.8) is 0 Å². The van der Waals surface area contributed by atoms with Crippen molar-refractivity contribution in [3.8, 4) is 11.4 Å². The number of amides is 1. The van der Waals surface area contributed by atoms with E-state index < -0.39 is 11.9 Å². The van der Waals surface area contributed by atoms with Gasteiger partial charge in [0.05, 0.1) is 5.92 Å². The van der Waals surface area contributed by atoms with Gasteiger partial charge in [-0.3, -0.25) is 9.59 Å². The van der Waals surface area contributed by atoms with Crippen LogP contribution in [0.1, 0.15) is 44.1 Å². The number of carbonyl (C=O) groups is 2. The number of hydrogen-bond donors (Lipinski definition) is 1. The highest BCUT2D eigenvalue weighted by atomic mass is 16.5. The van der Waals surface area contributed by atoms with E-state index in [2.05, 4.69) is 24.0 Å². The number of aromatic nitrogens is 2. The first-order valence-electron chi connectivity index (χ1n) is 8.87. The van der Waals surface area contributed by atoms with Crippen LogP contribution in [0.5, 0.6) is 0 Å². The summed E-state index contributed by atoms with van der Waals surface area (Å²) in [6.07, 6.45) is 1.10. The lowest BCUT2D eigenvalue weighted by Gasteiger charge is -2.14. The van der Waals surface area contributed by atoms with Crippen LogP contribution in [0, 0.1) is 5.92 Å². The number of benzene rings is 1. The Balaban J connectivity index is 1.55. The second kappa shape index (κ2) is 7.68. The number of carbonyl (C=O) groups excluding carboxylic acids is 1. The van der Waals surface area contributed by atoms with Gasteiger partial charge in [-0.1, -0.05) is 43.3 Å². The molecule has 2 aromatic rings. The lowest BCUT2D eigenvalue weighted by atomic mass is 10.0. The molecule has 1 atom stereocenters. The summed E-state index contributed by atoms with van der Waals surface area (Å²) >= 11 is 0. The zero-order valence-corrected chi connectivity index (χ0v) is 15.0. The van der Waals surface area contributed by atoms with Crippen LogP contribution in [0.2, 0.25) is 0 Å². The average Bonchev–Trinajstić information content (AvgIpc) is 3.29. The molecule has 1 aromatic carbocycles. The number of nitrogens with zero attached hydrogens (tertiary/aromatic N) is 3. The van der Waals surface area contributed by atoms with Gasteiger partial charge in [0, 0.05) is 31.5 Å². The summed E-state index contributed by atoms with van der Waals surface area (Å²) in [5.41, 5.74) is 2.12. The lowest BCUT2D eigenvalue weighted by molar-refractivity contribution is -0.141. The largest absolute Gasteiger partial charge is 0.481 e. The first-order chi connectivity index (χ1) is 12.4. The van der Waals surface area contributed by atoms with Crippen LogP contribution in [0.15, 0.2) is 28.8 Å². The molecule has 1 saturated heterocycles. The smallest absolute Gasteiger partial charge is 0.308 e. The fraction of sp³-hybridized carbons (Fsp3) is 0.474. The molecule has 0 spiro atoms. The molecule has 7 nitrogen and oxygen atoms in total. The molecule has 0 bridgehead atoms. The Morgan fingerprint density at radius 2 is 2.04 bits per heavy atom. The van der Waals surface area contributed by atoms with E-state index in [1.165, 1.54) is 5.56 Å². The molecule has 1 aromatic heterocycles. The quantitative estimate of drug-likeness (QED) is 0.854. The van der Waals surface area contributed by atoms with Crippen LogP contribution < -0.4 is 0 Å². The van der Waals surface area contributed by atoms with Gasteiger partial charge in [-0.05, 0) is 17.9 Å². The molecule has 0 radical (unpaired) electrons. The van der Waals surface area contributed by atoms with Crippen molar-refractivity contribution >= 4 is 11.9 Å². The summed E-state index contributed by atoms with van der Waals surface area (Å²) < 4.78 is 5.24. The fourth-order valence-electron chi connectivity index (χ4n) is 3.05. The maximum absolute atomic E-state index is 12.2. The van der Waals surface area contributed by atoms with Crippen molar-refractivity contribution < 1.29 is 19.2 Å². The van der Waals surface area contributed by atoms with Crippen LogP contribution in [0.4, 0.5) is 0 Å². The third-order valence-electron chi connectivity index (χ3n) is 4.75. The van der Waals surface area contributed by atoms with Gasteiger partial charge in [0.25, 0.3) is 0 Å². The highest BCUT2D eigenvalue weighted by Crippen LogP contribution is 2.21. The standard InChI is InChI=1S/C19H23N3O4/c1-12(2)13-3-5-14(6-4-13)18-20-16(26-21-18)7-8-17(23)22-10-9-15(11-22)19(24)25/h3-6,12,15H,7-11H2,1-2H3,(H,24,25). The van der Waals surface area contributed by atoms with Gasteiger partial charge in [-0.2, -0.15) is 4.98 Å². The van der Waals surface area contributed by atoms with E-state index in [1.807, 2.05) is 24.3 Å². The van der Waals surface area contributed by atoms with Crippen LogP contribution >= 0.6 is 0 Å². The number of rotatable bonds is 6. The zero-order chi connectivity index (χ0) is 18.7. The van der Waals surface area contributed by atoms with E-state index in [0.29, 0.717) is 37.0 Å². The molecule has 2 heterocycles. The minimum atomic E-state index is -0.842. The topological polar surface area (TPSA) is 96.5 Å². The van der Waals surface area contributed by atoms with E-state index in [-0.39, 0.29) is 18.9 Å². The van der Waals surface area contributed by atoms with Crippen molar-refractivity contribution in [3.05, 3.63) is 35.7 Å². The molecule has 1 fully saturated rings. The van der Waals surface area contributed by atoms with E-state index >= 15 is 0 Å². The molecule has 26 heavy (non-hydrogen) atoms. The van der Waals surface area contributed by atoms with Crippen LogP contribution in [0.25, 0.3) is 11.4 Å². The molecule has 1 aliphatic heterocycles. The summed E-state index contributed by atoms with van der Waals surface area (Å²) in [6.45, 7) is 5.05. The Labute approximate surface area is 152 Å². The zero-order valence-electron chi connectivity index (χ0n) is 15.0. The predicted octanol–water partition coefficient (Wildman–Crippen LogP) is 2.73. The molecule has 7 heteroatoms. The molecular formula is C19H23N3O4. The number of likely N-dealkylation sites (tertiary alicyclic amines) is 1. The molecular weight excluding hydrogens is 334 g/mol. The van der Waals surface area contributed by atoms with Crippen molar-refractivity contribution in [2.75, 3.05) is 13.1 Å². The maximum atomic E-state index is 12.2. The van der Waals surface area contributed by atoms with Gasteiger partial charge < -0.3 is 14.5 Å². The second-order valence-electron chi connectivity index (χ2n) is 6.95. The number of aryl methyl sites for hydroxylation is 1. The minimum absolute atomic E-state index is 0.0743. The van der Waals surface area contributed by atoms with Crippen LogP contribution in [0.3, 0.4) is 0 Å². The normalized spacial score (nSPS) is 17.0. The van der Waals surface area contributed by atoms with E-state index in [0.717, 1.165) is 5.56 Å². The average molecular weight is 357 g/mol. The summed E-state index contributed by atoms with van der Waals surface area (Å²) in [4.78, 5) is 29.1. The Morgan fingerprint density at radius 3 is 2.65 bits per heavy atom. The Hall–Kier alpha value is -2.70. The van der Waals surface area contributed by atoms with Crippen LogP contribution in [-0.4, -0.2) is 45.1 Å². The third kappa shape index (κ3) is 4.09. The monoisotopic (exact) mass is 357 g/mol. The van der Waals surface area contributed by atoms with Gasteiger partial charge in [-0.25, -0.2) is 0 Å². The highest BCUT2D eigenvalue weighted by molar-refractivity contribution is 5.78. The minimum Gasteiger partial charge on any atom is -0.481 e. The molecule has 0 aliphatic carbocycles. The summed E-state index contributed by atoms with van der Waals surface area (Å²) in [6, 6.07) is 8.02. The second-order valence-corrected chi connectivity index (χ2v) is 6.95. The fourth-order valence-corrected chi connectivity index (χ4v) is 3.05. The highest BCUT2D eigenvalue weighted by Gasteiger charge is 2.30. The van der Waals surface area contributed by atoms with Crippen molar-refractivity contribution in [2.45, 2.75) is 39.0 Å². The lowest BCUT2D eigenvalue weighted by Crippen LogP contribution is -2.30. The first kappa shape index (κ1) is 18.1. The predicted molar refractivity (Wildman–Crippen MR) is 94.5 cm³/mol. The van der Waals surface area contributed by atoms with E-state index in [9.17, 15) is 9.59 Å². The van der Waals surface area contributed by atoms with E-state index in [4.69, 9.17) is 9.63 Å². The van der Waals surface area contributed by atoms with Gasteiger partial charge in [0.2, 0.25) is 17.6 Å². The van der Waals surface area contributed by atoms with Gasteiger partial charge in [-0.15, -0.1) is 0 Å². The number of aliphatic carboxylic acids is 1. The van der Waals surface area contributed by atoms with Crippen molar-refractivity contribution in [1.82, 2.24) is 15.0 Å². The molecule has 0 saturated carbocycles. The molecule has 138 valence electrons. The molecule has 1 unspecified atom stereocenters. The van der Waals surface area contributed by atoms with E-state index in [1.54, 1.807) is 4.90 Å². The molecule has 3 rings (SSSR count). The van der Waals surface area contributed by atoms with Gasteiger partial charge in [0.1, 0.15) is 0 Å². The molecule has 1 amide bonds.